The first kappa shape index (κ1) is 15.5. The Labute approximate surface area is 145 Å². The number of hydrogen-bond acceptors (Lipinski definition) is 4. The van der Waals surface area contributed by atoms with Crippen molar-refractivity contribution in [2.24, 2.45) is 0 Å². The molecule has 0 radical (unpaired) electrons. The Morgan fingerprint density at radius 1 is 1.16 bits per heavy atom. The smallest absolute Gasteiger partial charge is 0.256 e. The molecule has 126 valence electrons. The summed E-state index contributed by atoms with van der Waals surface area (Å²) in [7, 11) is 0. The van der Waals surface area contributed by atoms with E-state index in [0.717, 1.165) is 24.3 Å². The van der Waals surface area contributed by atoms with Crippen LogP contribution in [0.15, 0.2) is 54.9 Å². The van der Waals surface area contributed by atoms with E-state index in [9.17, 15) is 4.79 Å². The van der Waals surface area contributed by atoms with E-state index in [-0.39, 0.29) is 5.91 Å². The molecule has 0 spiro atoms. The number of fused-ring (bicyclic) bond motifs is 1. The van der Waals surface area contributed by atoms with Gasteiger partial charge in [-0.25, -0.2) is 0 Å². The summed E-state index contributed by atoms with van der Waals surface area (Å²) in [5, 5.41) is 10.3. The number of rotatable bonds is 4. The van der Waals surface area contributed by atoms with Crippen molar-refractivity contribution >= 4 is 11.7 Å². The third kappa shape index (κ3) is 3.04. The largest absolute Gasteiger partial charge is 0.307 e. The third-order valence-corrected chi connectivity index (χ3v) is 4.68. The summed E-state index contributed by atoms with van der Waals surface area (Å²) in [6.45, 7) is 3.72. The van der Waals surface area contributed by atoms with Crippen LogP contribution in [0.25, 0.3) is 0 Å². The lowest BCUT2D eigenvalue weighted by molar-refractivity contribution is 0.102. The molecular formula is C19H19N5O. The van der Waals surface area contributed by atoms with Crippen molar-refractivity contribution in [3.8, 4) is 0 Å². The first-order valence-electron chi connectivity index (χ1n) is 8.29. The number of H-pyrrole nitrogens is 1. The Kier molecular flexibility index (Phi) is 4.03. The van der Waals surface area contributed by atoms with E-state index < -0.39 is 0 Å². The van der Waals surface area contributed by atoms with Crippen LogP contribution in [-0.2, 0) is 13.1 Å². The van der Waals surface area contributed by atoms with Crippen molar-refractivity contribution in [3.05, 3.63) is 77.2 Å². The van der Waals surface area contributed by atoms with E-state index in [0.29, 0.717) is 17.4 Å². The highest BCUT2D eigenvalue weighted by Gasteiger charge is 2.29. The van der Waals surface area contributed by atoms with Crippen molar-refractivity contribution in [2.45, 2.75) is 26.1 Å². The molecule has 0 fully saturated rings. The van der Waals surface area contributed by atoms with E-state index in [1.54, 1.807) is 24.5 Å². The number of aromatic amines is 1. The Bertz CT molecular complexity index is 875. The van der Waals surface area contributed by atoms with Crippen LogP contribution >= 0.6 is 0 Å². The number of carbonyl (C=O) groups excluding carboxylic acids is 1. The SMILES string of the molecule is CC(c1ccccc1)N1Cc2n[nH]c(NC(=O)c3ccncc3)c2C1. The molecule has 3 heterocycles. The summed E-state index contributed by atoms with van der Waals surface area (Å²) in [6, 6.07) is 14.1. The molecule has 0 aliphatic carbocycles. The molecule has 1 unspecified atom stereocenters. The number of anilines is 1. The van der Waals surface area contributed by atoms with Gasteiger partial charge in [-0.2, -0.15) is 5.10 Å². The number of hydrogen-bond donors (Lipinski definition) is 2. The van der Waals surface area contributed by atoms with Crippen LogP contribution in [-0.4, -0.2) is 26.0 Å². The van der Waals surface area contributed by atoms with Gasteiger partial charge in [0.25, 0.3) is 5.91 Å². The first-order valence-corrected chi connectivity index (χ1v) is 8.29. The molecule has 1 amide bonds. The fourth-order valence-electron chi connectivity index (χ4n) is 3.16. The van der Waals surface area contributed by atoms with Crippen molar-refractivity contribution in [3.63, 3.8) is 0 Å². The van der Waals surface area contributed by atoms with Crippen molar-refractivity contribution < 1.29 is 4.79 Å². The molecule has 4 rings (SSSR count). The first-order chi connectivity index (χ1) is 12.2. The fourth-order valence-corrected chi connectivity index (χ4v) is 3.16. The maximum atomic E-state index is 12.3. The molecule has 0 saturated carbocycles. The van der Waals surface area contributed by atoms with Crippen LogP contribution in [0.1, 0.15) is 40.1 Å². The van der Waals surface area contributed by atoms with Crippen LogP contribution < -0.4 is 5.32 Å². The lowest BCUT2D eigenvalue weighted by Crippen LogP contribution is -2.22. The minimum absolute atomic E-state index is 0.164. The molecular weight excluding hydrogens is 314 g/mol. The zero-order chi connectivity index (χ0) is 17.2. The predicted octanol–water partition coefficient (Wildman–Crippen LogP) is 3.13. The van der Waals surface area contributed by atoms with Gasteiger partial charge in [0.05, 0.1) is 5.69 Å². The number of nitrogens with one attached hydrogen (secondary N) is 2. The average molecular weight is 333 g/mol. The number of aromatic nitrogens is 3. The second-order valence-electron chi connectivity index (χ2n) is 6.21. The van der Waals surface area contributed by atoms with Gasteiger partial charge < -0.3 is 5.32 Å². The summed E-state index contributed by atoms with van der Waals surface area (Å²) in [5.74, 6) is 0.517. The summed E-state index contributed by atoms with van der Waals surface area (Å²) in [6.07, 6.45) is 3.21. The number of nitrogens with zero attached hydrogens (tertiary/aromatic N) is 3. The quantitative estimate of drug-likeness (QED) is 0.769. The summed E-state index contributed by atoms with van der Waals surface area (Å²) >= 11 is 0. The van der Waals surface area contributed by atoms with Crippen LogP contribution in [0.3, 0.4) is 0 Å². The van der Waals surface area contributed by atoms with E-state index in [1.165, 1.54) is 5.56 Å². The number of pyridine rings is 1. The van der Waals surface area contributed by atoms with E-state index in [4.69, 9.17) is 0 Å². The highest BCUT2D eigenvalue weighted by molar-refractivity contribution is 6.04. The highest BCUT2D eigenvalue weighted by atomic mass is 16.1. The normalized spacial score (nSPS) is 14.9. The van der Waals surface area contributed by atoms with Gasteiger partial charge >= 0.3 is 0 Å². The zero-order valence-electron chi connectivity index (χ0n) is 13.9. The van der Waals surface area contributed by atoms with Crippen molar-refractivity contribution in [2.75, 3.05) is 5.32 Å². The van der Waals surface area contributed by atoms with Gasteiger partial charge in [0.2, 0.25) is 0 Å². The molecule has 0 saturated heterocycles. The molecule has 1 aromatic carbocycles. The Morgan fingerprint density at radius 3 is 2.68 bits per heavy atom. The van der Waals surface area contributed by atoms with Crippen molar-refractivity contribution in [1.82, 2.24) is 20.1 Å². The van der Waals surface area contributed by atoms with E-state index >= 15 is 0 Å². The minimum Gasteiger partial charge on any atom is -0.307 e. The molecule has 1 atom stereocenters. The average Bonchev–Trinajstić information content (AvgIpc) is 3.24. The number of benzene rings is 1. The van der Waals surface area contributed by atoms with Gasteiger partial charge in [-0.15, -0.1) is 0 Å². The van der Waals surface area contributed by atoms with Gasteiger partial charge in [0.1, 0.15) is 5.82 Å². The van der Waals surface area contributed by atoms with Crippen molar-refractivity contribution in [1.29, 1.82) is 0 Å². The topological polar surface area (TPSA) is 73.9 Å². The van der Waals surface area contributed by atoms with Crippen LogP contribution in [0.5, 0.6) is 0 Å². The molecule has 2 aromatic heterocycles. The maximum Gasteiger partial charge on any atom is 0.256 e. The monoisotopic (exact) mass is 333 g/mol. The fraction of sp³-hybridized carbons (Fsp3) is 0.211. The zero-order valence-corrected chi connectivity index (χ0v) is 13.9. The Morgan fingerprint density at radius 2 is 1.92 bits per heavy atom. The number of carbonyl (C=O) groups is 1. The lowest BCUT2D eigenvalue weighted by atomic mass is 10.1. The predicted molar refractivity (Wildman–Crippen MR) is 94.9 cm³/mol. The summed E-state index contributed by atoms with van der Waals surface area (Å²) in [5.41, 5.74) is 3.91. The molecule has 6 heteroatoms. The molecule has 3 aromatic rings. The van der Waals surface area contributed by atoms with Crippen LogP contribution in [0.4, 0.5) is 5.82 Å². The minimum atomic E-state index is -0.164. The Hall–Kier alpha value is -2.99. The number of amides is 1. The van der Waals surface area contributed by atoms with Gasteiger partial charge in [-0.1, -0.05) is 30.3 Å². The van der Waals surface area contributed by atoms with Crippen LogP contribution in [0.2, 0.25) is 0 Å². The molecule has 0 bridgehead atoms. The third-order valence-electron chi connectivity index (χ3n) is 4.68. The van der Waals surface area contributed by atoms with Gasteiger partial charge in [0, 0.05) is 42.7 Å². The molecule has 1 aliphatic heterocycles. The van der Waals surface area contributed by atoms with E-state index in [2.05, 4.69) is 56.6 Å². The van der Waals surface area contributed by atoms with Crippen LogP contribution in [0, 0.1) is 0 Å². The molecule has 25 heavy (non-hydrogen) atoms. The standard InChI is InChI=1S/C19H19N5O/c1-13(14-5-3-2-4-6-14)24-11-16-17(12-24)22-23-18(16)21-19(25)15-7-9-20-10-8-15/h2-10,13H,11-12H2,1H3,(H2,21,22,23,25). The molecule has 6 nitrogen and oxygen atoms in total. The second-order valence-corrected chi connectivity index (χ2v) is 6.21. The van der Waals surface area contributed by atoms with Gasteiger partial charge in [-0.05, 0) is 24.6 Å². The maximum absolute atomic E-state index is 12.3. The van der Waals surface area contributed by atoms with Gasteiger partial charge in [-0.3, -0.25) is 19.8 Å². The summed E-state index contributed by atoms with van der Waals surface area (Å²) < 4.78 is 0. The van der Waals surface area contributed by atoms with Gasteiger partial charge in [0.15, 0.2) is 0 Å². The molecule has 2 N–H and O–H groups in total. The molecule has 1 aliphatic rings. The Balaban J connectivity index is 1.49. The second kappa shape index (κ2) is 6.49. The lowest BCUT2D eigenvalue weighted by Gasteiger charge is -2.24. The summed E-state index contributed by atoms with van der Waals surface area (Å²) in [4.78, 5) is 18.6. The highest BCUT2D eigenvalue weighted by Crippen LogP contribution is 2.33. The van der Waals surface area contributed by atoms with E-state index in [1.807, 2.05) is 6.07 Å².